The Morgan fingerprint density at radius 1 is 1.03 bits per heavy atom. The third-order valence-electron chi connectivity index (χ3n) is 9.82. The second kappa shape index (κ2) is 9.03. The van der Waals surface area contributed by atoms with Gasteiger partial charge in [-0.05, 0) is 111 Å². The predicted molar refractivity (Wildman–Crippen MR) is 146 cm³/mol. The van der Waals surface area contributed by atoms with Crippen molar-refractivity contribution < 1.29 is 14.6 Å². The van der Waals surface area contributed by atoms with E-state index in [-0.39, 0.29) is 17.1 Å². The van der Waals surface area contributed by atoms with Gasteiger partial charge in [0.25, 0.3) is 0 Å². The highest BCUT2D eigenvalue weighted by Crippen LogP contribution is 2.66. The molecule has 0 aromatic heterocycles. The molecule has 2 aromatic carbocycles. The molecular formula is C34H36O3. The standard InChI is InChI=1S/C34H36O3/c1-4-18-34(36)19-17-30-28-15-11-24-20-25(35)12-16-27(24)32(28)29(21-33(30,34)3)23-9-13-26(14-10-23)37-31-8-6-5-7-22(31)2/h5-10,13-14,20,28-30,36H,11-12,15-17,19,21H2,1-3H3/t28-,29+,30-,33-,34-/m0/s1. The van der Waals surface area contributed by atoms with Gasteiger partial charge in [-0.15, -0.1) is 5.92 Å². The van der Waals surface area contributed by atoms with Crippen LogP contribution in [0.2, 0.25) is 0 Å². The van der Waals surface area contributed by atoms with Crippen LogP contribution in [0.1, 0.15) is 75.8 Å². The Hall–Kier alpha value is -3.09. The first-order valence-corrected chi connectivity index (χ1v) is 13.8. The summed E-state index contributed by atoms with van der Waals surface area (Å²) in [5, 5.41) is 11.8. The lowest BCUT2D eigenvalue weighted by molar-refractivity contribution is -0.114. The highest BCUT2D eigenvalue weighted by Gasteiger charge is 2.62. The van der Waals surface area contributed by atoms with Crippen LogP contribution in [0, 0.1) is 36.0 Å². The van der Waals surface area contributed by atoms with E-state index in [0.717, 1.165) is 55.6 Å². The molecule has 4 aliphatic carbocycles. The summed E-state index contributed by atoms with van der Waals surface area (Å²) in [5.41, 5.74) is 5.39. The molecule has 0 saturated heterocycles. The lowest BCUT2D eigenvalue weighted by Gasteiger charge is -2.53. The van der Waals surface area contributed by atoms with Crippen molar-refractivity contribution in [3.63, 3.8) is 0 Å². The number of ketones is 1. The summed E-state index contributed by atoms with van der Waals surface area (Å²) in [6, 6.07) is 16.6. The number of rotatable bonds is 3. The third kappa shape index (κ3) is 3.89. The van der Waals surface area contributed by atoms with Crippen molar-refractivity contribution in [1.82, 2.24) is 0 Å². The van der Waals surface area contributed by atoms with E-state index in [1.54, 1.807) is 0 Å². The van der Waals surface area contributed by atoms with Gasteiger partial charge in [0.1, 0.15) is 17.1 Å². The molecule has 2 aromatic rings. The second-order valence-electron chi connectivity index (χ2n) is 11.7. The van der Waals surface area contributed by atoms with Crippen LogP contribution in [0.25, 0.3) is 0 Å². The van der Waals surface area contributed by atoms with E-state index < -0.39 is 5.60 Å². The number of aliphatic hydroxyl groups is 1. The van der Waals surface area contributed by atoms with E-state index in [1.807, 2.05) is 31.2 Å². The molecule has 0 amide bonds. The summed E-state index contributed by atoms with van der Waals surface area (Å²) in [6.45, 7) is 6.18. The third-order valence-corrected chi connectivity index (χ3v) is 9.82. The van der Waals surface area contributed by atoms with Crippen LogP contribution in [0.5, 0.6) is 11.5 Å². The molecule has 0 radical (unpaired) electrons. The smallest absolute Gasteiger partial charge is 0.156 e. The van der Waals surface area contributed by atoms with Gasteiger partial charge in [-0.1, -0.05) is 48.7 Å². The Morgan fingerprint density at radius 3 is 2.57 bits per heavy atom. The number of carbonyl (C=O) groups is 1. The molecule has 3 nitrogen and oxygen atoms in total. The average molecular weight is 493 g/mol. The highest BCUT2D eigenvalue weighted by atomic mass is 16.5. The Labute approximate surface area is 220 Å². The maximum absolute atomic E-state index is 12.3. The SMILES string of the molecule is CC#C[C@]1(O)CC[C@H]2[C@@H]3CCC4=CC(=O)CCC4=C3[C@@H](c3ccc(Oc4ccccc4C)cc3)C[C@@]21C. The number of hydrogen-bond donors (Lipinski definition) is 1. The van der Waals surface area contributed by atoms with Crippen LogP contribution in [-0.4, -0.2) is 16.5 Å². The Bertz CT molecular complexity index is 1370. The number of aryl methyl sites for hydroxylation is 1. The lowest BCUT2D eigenvalue weighted by atomic mass is 9.51. The van der Waals surface area contributed by atoms with Gasteiger partial charge in [-0.25, -0.2) is 0 Å². The Balaban J connectivity index is 1.42. The fourth-order valence-electron chi connectivity index (χ4n) is 7.94. The normalized spacial score (nSPS) is 32.5. The van der Waals surface area contributed by atoms with Gasteiger partial charge in [-0.2, -0.15) is 0 Å². The lowest BCUT2D eigenvalue weighted by Crippen LogP contribution is -2.51. The number of hydrogen-bond acceptors (Lipinski definition) is 3. The van der Waals surface area contributed by atoms with Crippen LogP contribution < -0.4 is 4.74 Å². The van der Waals surface area contributed by atoms with E-state index in [2.05, 4.69) is 56.0 Å². The number of carbonyl (C=O) groups excluding carboxylic acids is 1. The summed E-state index contributed by atoms with van der Waals surface area (Å²) >= 11 is 0. The fraction of sp³-hybridized carbons (Fsp3) is 0.441. The van der Waals surface area contributed by atoms with E-state index >= 15 is 0 Å². The van der Waals surface area contributed by atoms with Crippen molar-refractivity contribution in [2.45, 2.75) is 77.2 Å². The molecule has 0 unspecified atom stereocenters. The minimum Gasteiger partial charge on any atom is -0.457 e. The van der Waals surface area contributed by atoms with Crippen LogP contribution in [-0.2, 0) is 4.79 Å². The van der Waals surface area contributed by atoms with Gasteiger partial charge < -0.3 is 9.84 Å². The minimum absolute atomic E-state index is 0.203. The average Bonchev–Trinajstić information content (AvgIpc) is 3.15. The van der Waals surface area contributed by atoms with E-state index in [9.17, 15) is 9.90 Å². The quantitative estimate of drug-likeness (QED) is 0.453. The molecule has 2 fully saturated rings. The molecule has 0 spiro atoms. The van der Waals surface area contributed by atoms with E-state index in [0.29, 0.717) is 18.3 Å². The fourth-order valence-corrected chi connectivity index (χ4v) is 7.94. The second-order valence-corrected chi connectivity index (χ2v) is 11.7. The van der Waals surface area contributed by atoms with Crippen molar-refractivity contribution in [3.05, 3.63) is 82.5 Å². The molecule has 1 N–H and O–H groups in total. The number of benzene rings is 2. The van der Waals surface area contributed by atoms with Crippen LogP contribution in [0.15, 0.2) is 71.3 Å². The van der Waals surface area contributed by atoms with Crippen molar-refractivity contribution >= 4 is 5.78 Å². The number of ether oxygens (including phenoxy) is 1. The highest BCUT2D eigenvalue weighted by molar-refractivity contribution is 5.93. The maximum atomic E-state index is 12.3. The summed E-state index contributed by atoms with van der Waals surface area (Å²) in [4.78, 5) is 12.3. The molecule has 2 saturated carbocycles. The summed E-state index contributed by atoms with van der Waals surface area (Å²) in [6.07, 6.45) is 8.02. The predicted octanol–water partition coefficient (Wildman–Crippen LogP) is 7.44. The molecule has 0 heterocycles. The largest absolute Gasteiger partial charge is 0.457 e. The summed E-state index contributed by atoms with van der Waals surface area (Å²) in [7, 11) is 0. The Morgan fingerprint density at radius 2 is 1.81 bits per heavy atom. The van der Waals surface area contributed by atoms with E-state index in [4.69, 9.17) is 4.74 Å². The van der Waals surface area contributed by atoms with Crippen LogP contribution in [0.3, 0.4) is 0 Å². The van der Waals surface area contributed by atoms with Gasteiger partial charge in [0.05, 0.1) is 0 Å². The topological polar surface area (TPSA) is 46.5 Å². The number of allylic oxidation sites excluding steroid dienone is 4. The maximum Gasteiger partial charge on any atom is 0.156 e. The van der Waals surface area contributed by atoms with Crippen LogP contribution >= 0.6 is 0 Å². The zero-order valence-corrected chi connectivity index (χ0v) is 22.1. The zero-order valence-electron chi connectivity index (χ0n) is 22.1. The van der Waals surface area contributed by atoms with Crippen LogP contribution in [0.4, 0.5) is 0 Å². The van der Waals surface area contributed by atoms with Gasteiger partial charge in [0, 0.05) is 17.8 Å². The zero-order chi connectivity index (χ0) is 25.8. The molecule has 190 valence electrons. The van der Waals surface area contributed by atoms with Crippen molar-refractivity contribution in [1.29, 1.82) is 0 Å². The molecule has 4 aliphatic rings. The minimum atomic E-state index is -0.951. The first kappa shape index (κ1) is 24.3. The molecule has 0 aliphatic heterocycles. The van der Waals surface area contributed by atoms with Gasteiger partial charge in [0.2, 0.25) is 0 Å². The van der Waals surface area contributed by atoms with Crippen molar-refractivity contribution in [2.24, 2.45) is 17.3 Å². The molecule has 0 bridgehead atoms. The molecule has 3 heteroatoms. The van der Waals surface area contributed by atoms with Gasteiger partial charge in [0.15, 0.2) is 5.78 Å². The monoisotopic (exact) mass is 492 g/mol. The number of para-hydroxylation sites is 1. The summed E-state index contributed by atoms with van der Waals surface area (Å²) < 4.78 is 6.19. The molecule has 6 rings (SSSR count). The van der Waals surface area contributed by atoms with Gasteiger partial charge >= 0.3 is 0 Å². The van der Waals surface area contributed by atoms with Crippen molar-refractivity contribution in [3.8, 4) is 23.3 Å². The summed E-state index contributed by atoms with van der Waals surface area (Å²) in [5.74, 6) is 9.30. The Kier molecular flexibility index (Phi) is 5.92. The van der Waals surface area contributed by atoms with E-state index in [1.165, 1.54) is 22.3 Å². The first-order chi connectivity index (χ1) is 17.8. The van der Waals surface area contributed by atoms with Crippen molar-refractivity contribution in [2.75, 3.05) is 0 Å². The molecular weight excluding hydrogens is 456 g/mol. The molecule has 37 heavy (non-hydrogen) atoms. The molecule has 5 atom stereocenters. The number of fused-ring (bicyclic) bond motifs is 4. The van der Waals surface area contributed by atoms with Gasteiger partial charge in [-0.3, -0.25) is 4.79 Å². The first-order valence-electron chi connectivity index (χ1n) is 13.8.